The van der Waals surface area contributed by atoms with Crippen LogP contribution in [0.25, 0.3) is 0 Å². The summed E-state index contributed by atoms with van der Waals surface area (Å²) in [6.07, 6.45) is 0.843. The lowest BCUT2D eigenvalue weighted by atomic mass is 10.0. The second-order valence-corrected chi connectivity index (χ2v) is 3.02. The lowest BCUT2D eigenvalue weighted by Crippen LogP contribution is -2.02. The predicted molar refractivity (Wildman–Crippen MR) is 53.4 cm³/mol. The molecule has 0 radical (unpaired) electrons. The quantitative estimate of drug-likeness (QED) is 0.697. The molecule has 0 saturated heterocycles. The Kier molecular flexibility index (Phi) is 4.24. The molecule has 0 unspecified atom stereocenters. The highest BCUT2D eigenvalue weighted by Crippen LogP contribution is 2.26. The van der Waals surface area contributed by atoms with Gasteiger partial charge in [0.2, 0.25) is 0 Å². The van der Waals surface area contributed by atoms with Gasteiger partial charge in [-0.25, -0.2) is 4.39 Å². The Labute approximate surface area is 87.8 Å². The number of carbonyl (C=O) groups excluding carboxylic acids is 1. The van der Waals surface area contributed by atoms with Gasteiger partial charge in [0.1, 0.15) is 6.29 Å². The molecule has 0 heterocycles. The Balaban J connectivity index is 3.21. The number of hydrogen-bond acceptors (Lipinski definition) is 3. The van der Waals surface area contributed by atoms with Crippen LogP contribution in [0, 0.1) is 5.82 Å². The molecule has 82 valence electrons. The third kappa shape index (κ3) is 2.53. The van der Waals surface area contributed by atoms with Crippen molar-refractivity contribution in [3.63, 3.8) is 0 Å². The minimum Gasteiger partial charge on any atom is -0.493 e. The molecule has 0 N–H and O–H groups in total. The molecule has 0 saturated carbocycles. The normalized spacial score (nSPS) is 10.1. The average molecular weight is 212 g/mol. The zero-order valence-corrected chi connectivity index (χ0v) is 8.75. The topological polar surface area (TPSA) is 35.5 Å². The fourth-order valence-corrected chi connectivity index (χ4v) is 1.46. The number of halogens is 1. The zero-order valence-electron chi connectivity index (χ0n) is 8.75. The molecule has 0 aliphatic carbocycles. The summed E-state index contributed by atoms with van der Waals surface area (Å²) in [4.78, 5) is 10.5. The number of aldehydes is 1. The van der Waals surface area contributed by atoms with Crippen LogP contribution in [0.4, 0.5) is 4.39 Å². The summed E-state index contributed by atoms with van der Waals surface area (Å²) in [5.41, 5.74) is 1.32. The molecule has 0 aliphatic heterocycles. The number of methoxy groups -OCH3 is 2. The first-order valence-electron chi connectivity index (χ1n) is 4.51. The van der Waals surface area contributed by atoms with Crippen LogP contribution in [-0.2, 0) is 22.6 Å². The Morgan fingerprint density at radius 1 is 1.40 bits per heavy atom. The number of ether oxygens (including phenoxy) is 2. The Hall–Kier alpha value is -1.42. The van der Waals surface area contributed by atoms with Crippen molar-refractivity contribution in [2.45, 2.75) is 13.0 Å². The van der Waals surface area contributed by atoms with Crippen LogP contribution in [-0.4, -0.2) is 20.5 Å². The highest BCUT2D eigenvalue weighted by atomic mass is 19.1. The number of hydrogen-bond donors (Lipinski definition) is 0. The summed E-state index contributed by atoms with van der Waals surface area (Å²) in [6.45, 7) is 0.333. The maximum Gasteiger partial charge on any atom is 0.165 e. The van der Waals surface area contributed by atoms with Gasteiger partial charge in [-0.2, -0.15) is 0 Å². The van der Waals surface area contributed by atoms with E-state index in [-0.39, 0.29) is 12.2 Å². The summed E-state index contributed by atoms with van der Waals surface area (Å²) >= 11 is 0. The summed E-state index contributed by atoms with van der Waals surface area (Å²) < 4.78 is 23.2. The van der Waals surface area contributed by atoms with Crippen LogP contribution >= 0.6 is 0 Å². The van der Waals surface area contributed by atoms with Gasteiger partial charge in [-0.15, -0.1) is 0 Å². The summed E-state index contributed by atoms with van der Waals surface area (Å²) in [6, 6.07) is 2.90. The van der Waals surface area contributed by atoms with Gasteiger partial charge in [-0.05, 0) is 11.6 Å². The van der Waals surface area contributed by atoms with Crippen molar-refractivity contribution in [3.8, 4) is 5.75 Å². The van der Waals surface area contributed by atoms with Gasteiger partial charge in [-0.1, -0.05) is 6.07 Å². The maximum atomic E-state index is 13.3. The fourth-order valence-electron chi connectivity index (χ4n) is 1.46. The molecule has 3 nitrogen and oxygen atoms in total. The Morgan fingerprint density at radius 3 is 2.67 bits per heavy atom. The molecule has 4 heteroatoms. The van der Waals surface area contributed by atoms with E-state index >= 15 is 0 Å². The lowest BCUT2D eigenvalue weighted by molar-refractivity contribution is -0.107. The summed E-state index contributed by atoms with van der Waals surface area (Å²) in [5.74, 6) is -0.342. The second-order valence-electron chi connectivity index (χ2n) is 3.02. The van der Waals surface area contributed by atoms with Crippen molar-refractivity contribution < 1.29 is 18.7 Å². The number of rotatable bonds is 5. The highest BCUT2D eigenvalue weighted by Gasteiger charge is 2.13. The van der Waals surface area contributed by atoms with Crippen molar-refractivity contribution in [2.75, 3.05) is 14.2 Å². The van der Waals surface area contributed by atoms with E-state index in [9.17, 15) is 9.18 Å². The van der Waals surface area contributed by atoms with Crippen LogP contribution in [0.3, 0.4) is 0 Å². The van der Waals surface area contributed by atoms with Crippen LogP contribution in [0.1, 0.15) is 11.1 Å². The summed E-state index contributed by atoms with van der Waals surface area (Å²) in [5, 5.41) is 0. The van der Waals surface area contributed by atoms with E-state index in [1.807, 2.05) is 0 Å². The monoisotopic (exact) mass is 212 g/mol. The van der Waals surface area contributed by atoms with E-state index in [0.29, 0.717) is 12.2 Å². The van der Waals surface area contributed by atoms with E-state index in [4.69, 9.17) is 9.47 Å². The van der Waals surface area contributed by atoms with Gasteiger partial charge in [-0.3, -0.25) is 0 Å². The summed E-state index contributed by atoms with van der Waals surface area (Å²) in [7, 11) is 2.92. The lowest BCUT2D eigenvalue weighted by Gasteiger charge is -2.12. The molecular weight excluding hydrogens is 199 g/mol. The van der Waals surface area contributed by atoms with Crippen molar-refractivity contribution >= 4 is 6.29 Å². The molecule has 0 atom stereocenters. The van der Waals surface area contributed by atoms with E-state index < -0.39 is 5.82 Å². The van der Waals surface area contributed by atoms with Gasteiger partial charge in [0.05, 0.1) is 13.7 Å². The fraction of sp³-hybridized carbons (Fsp3) is 0.364. The van der Waals surface area contributed by atoms with E-state index in [1.165, 1.54) is 13.2 Å². The second kappa shape index (κ2) is 5.46. The minimum atomic E-state index is -0.464. The molecule has 0 aliphatic rings. The van der Waals surface area contributed by atoms with E-state index in [2.05, 4.69) is 0 Å². The molecule has 1 aromatic rings. The molecule has 1 rings (SSSR count). The maximum absolute atomic E-state index is 13.3. The molecule has 15 heavy (non-hydrogen) atoms. The third-order valence-corrected chi connectivity index (χ3v) is 2.10. The first-order chi connectivity index (χ1) is 7.24. The highest BCUT2D eigenvalue weighted by molar-refractivity contribution is 5.59. The van der Waals surface area contributed by atoms with Gasteiger partial charge >= 0.3 is 0 Å². The van der Waals surface area contributed by atoms with Gasteiger partial charge in [0.25, 0.3) is 0 Å². The molecule has 0 spiro atoms. The van der Waals surface area contributed by atoms with Crippen LogP contribution in [0.15, 0.2) is 12.1 Å². The standard InChI is InChI=1S/C11H13FO3/c1-14-7-8-3-4-10(12)11(15-2)9(8)5-6-13/h3-4,6H,5,7H2,1-2H3. The largest absolute Gasteiger partial charge is 0.493 e. The molecule has 0 aromatic heterocycles. The van der Waals surface area contributed by atoms with Crippen molar-refractivity contribution in [3.05, 3.63) is 29.1 Å². The third-order valence-electron chi connectivity index (χ3n) is 2.10. The van der Waals surface area contributed by atoms with Gasteiger partial charge < -0.3 is 14.3 Å². The van der Waals surface area contributed by atoms with Crippen molar-refractivity contribution in [1.29, 1.82) is 0 Å². The Bertz CT molecular complexity index is 350. The first kappa shape index (κ1) is 11.7. The molecular formula is C11H13FO3. The minimum absolute atomic E-state index is 0.122. The van der Waals surface area contributed by atoms with Crippen molar-refractivity contribution in [1.82, 2.24) is 0 Å². The molecule has 1 aromatic carbocycles. The first-order valence-corrected chi connectivity index (χ1v) is 4.51. The van der Waals surface area contributed by atoms with Crippen molar-refractivity contribution in [2.24, 2.45) is 0 Å². The van der Waals surface area contributed by atoms with Gasteiger partial charge in [0, 0.05) is 19.1 Å². The Morgan fingerprint density at radius 2 is 2.13 bits per heavy atom. The van der Waals surface area contributed by atoms with Gasteiger partial charge in [0.15, 0.2) is 11.6 Å². The van der Waals surface area contributed by atoms with E-state index in [1.54, 1.807) is 13.2 Å². The average Bonchev–Trinajstić information content (AvgIpc) is 2.23. The molecule has 0 amide bonds. The van der Waals surface area contributed by atoms with Crippen LogP contribution in [0.5, 0.6) is 5.75 Å². The molecule has 0 bridgehead atoms. The smallest absolute Gasteiger partial charge is 0.165 e. The van der Waals surface area contributed by atoms with E-state index in [0.717, 1.165) is 11.8 Å². The number of benzene rings is 1. The number of carbonyl (C=O) groups is 1. The SMILES string of the molecule is COCc1ccc(F)c(OC)c1CC=O. The predicted octanol–water partition coefficient (Wildman–Crippen LogP) is 1.72. The van der Waals surface area contributed by atoms with Crippen LogP contribution < -0.4 is 4.74 Å². The molecule has 0 fully saturated rings. The van der Waals surface area contributed by atoms with Crippen LogP contribution in [0.2, 0.25) is 0 Å². The zero-order chi connectivity index (χ0) is 11.3.